The fraction of sp³-hybridized carbons (Fsp3) is 0.692. The highest BCUT2D eigenvalue weighted by molar-refractivity contribution is 7.89. The summed E-state index contributed by atoms with van der Waals surface area (Å²) < 4.78 is 26.8. The Balaban J connectivity index is 2.12. The van der Waals surface area contributed by atoms with E-state index in [9.17, 15) is 8.42 Å². The molecule has 0 spiro atoms. The van der Waals surface area contributed by atoms with E-state index in [0.717, 1.165) is 24.4 Å². The largest absolute Gasteiger partial charge is 0.300 e. The summed E-state index contributed by atoms with van der Waals surface area (Å²) in [7, 11) is -3.35. The Labute approximate surface area is 130 Å². The molecule has 2 rings (SSSR count). The van der Waals surface area contributed by atoms with Gasteiger partial charge in [-0.15, -0.1) is 22.9 Å². The molecule has 4 nitrogen and oxygen atoms in total. The van der Waals surface area contributed by atoms with Gasteiger partial charge in [0.15, 0.2) is 0 Å². The van der Waals surface area contributed by atoms with Gasteiger partial charge in [-0.2, -0.15) is 4.31 Å². The Morgan fingerprint density at radius 2 is 2.15 bits per heavy atom. The van der Waals surface area contributed by atoms with Gasteiger partial charge in [0.2, 0.25) is 10.0 Å². The molecule has 7 heteroatoms. The van der Waals surface area contributed by atoms with Crippen LogP contribution < -0.4 is 0 Å². The van der Waals surface area contributed by atoms with E-state index in [1.807, 2.05) is 0 Å². The summed E-state index contributed by atoms with van der Waals surface area (Å²) in [4.78, 5) is 3.61. The summed E-state index contributed by atoms with van der Waals surface area (Å²) in [5.41, 5.74) is 0. The molecule has 114 valence electrons. The Bertz CT molecular complexity index is 540. The van der Waals surface area contributed by atoms with E-state index in [4.69, 9.17) is 11.6 Å². The molecule has 0 N–H and O–H groups in total. The van der Waals surface area contributed by atoms with E-state index in [2.05, 4.69) is 18.7 Å². The van der Waals surface area contributed by atoms with Gasteiger partial charge in [0.25, 0.3) is 0 Å². The van der Waals surface area contributed by atoms with Crippen molar-refractivity contribution < 1.29 is 8.42 Å². The number of hydrogen-bond donors (Lipinski definition) is 0. The summed E-state index contributed by atoms with van der Waals surface area (Å²) in [6, 6.07) is 2.03. The third-order valence-corrected chi connectivity index (χ3v) is 7.23. The molecule has 20 heavy (non-hydrogen) atoms. The molecular weight excluding hydrogens is 316 g/mol. The number of alkyl halides is 1. The SMILES string of the molecule is CCN(CC)C1CCN(S(=O)(=O)c2csc(CCl)c2)C1. The zero-order chi connectivity index (χ0) is 14.8. The molecule has 1 aliphatic rings. The van der Waals surface area contributed by atoms with E-state index < -0.39 is 10.0 Å². The smallest absolute Gasteiger partial charge is 0.243 e. The van der Waals surface area contributed by atoms with Crippen molar-refractivity contribution in [3.05, 3.63) is 16.3 Å². The third kappa shape index (κ3) is 3.20. The topological polar surface area (TPSA) is 40.6 Å². The summed E-state index contributed by atoms with van der Waals surface area (Å²) in [5.74, 6) is 0.363. The molecule has 2 heterocycles. The van der Waals surface area contributed by atoms with Gasteiger partial charge in [0, 0.05) is 29.4 Å². The Hall–Kier alpha value is -0.140. The molecular formula is C13H21ClN2O2S2. The minimum absolute atomic E-state index is 0.339. The fourth-order valence-corrected chi connectivity index (χ4v) is 5.55. The van der Waals surface area contributed by atoms with Crippen LogP contribution in [0.25, 0.3) is 0 Å². The van der Waals surface area contributed by atoms with Gasteiger partial charge >= 0.3 is 0 Å². The first kappa shape index (κ1) is 16.2. The van der Waals surface area contributed by atoms with Crippen LogP contribution in [0.15, 0.2) is 16.3 Å². The van der Waals surface area contributed by atoms with E-state index in [1.54, 1.807) is 15.8 Å². The quantitative estimate of drug-likeness (QED) is 0.750. The molecule has 0 saturated carbocycles. The van der Waals surface area contributed by atoms with E-state index in [1.165, 1.54) is 11.3 Å². The number of halogens is 1. The van der Waals surface area contributed by atoms with Crippen LogP contribution in [0.4, 0.5) is 0 Å². The Morgan fingerprint density at radius 1 is 1.45 bits per heavy atom. The average Bonchev–Trinajstić information content (AvgIpc) is 3.09. The molecule has 1 aromatic rings. The molecule has 1 unspecified atom stereocenters. The zero-order valence-electron chi connectivity index (χ0n) is 11.9. The van der Waals surface area contributed by atoms with Crippen LogP contribution in [0.3, 0.4) is 0 Å². The van der Waals surface area contributed by atoms with Crippen LogP contribution in [0.5, 0.6) is 0 Å². The van der Waals surface area contributed by atoms with Crippen LogP contribution in [-0.4, -0.2) is 49.8 Å². The molecule has 1 fully saturated rings. The molecule has 0 radical (unpaired) electrons. The van der Waals surface area contributed by atoms with Crippen molar-refractivity contribution >= 4 is 33.0 Å². The van der Waals surface area contributed by atoms with Crippen molar-refractivity contribution in [2.45, 2.75) is 37.1 Å². The minimum atomic E-state index is -3.35. The van der Waals surface area contributed by atoms with E-state index >= 15 is 0 Å². The fourth-order valence-electron chi connectivity index (χ4n) is 2.68. The molecule has 0 bridgehead atoms. The first-order valence-corrected chi connectivity index (χ1v) is 9.75. The molecule has 1 atom stereocenters. The van der Waals surface area contributed by atoms with Gasteiger partial charge < -0.3 is 0 Å². The highest BCUT2D eigenvalue weighted by atomic mass is 35.5. The molecule has 0 amide bonds. The summed E-state index contributed by atoms with van der Waals surface area (Å²) in [6.07, 6.45) is 0.910. The Morgan fingerprint density at radius 3 is 2.70 bits per heavy atom. The average molecular weight is 337 g/mol. The third-order valence-electron chi connectivity index (χ3n) is 3.85. The van der Waals surface area contributed by atoms with Gasteiger partial charge in [-0.25, -0.2) is 8.42 Å². The first-order valence-electron chi connectivity index (χ1n) is 6.90. The lowest BCUT2D eigenvalue weighted by molar-refractivity contribution is 0.224. The van der Waals surface area contributed by atoms with Crippen molar-refractivity contribution in [3.63, 3.8) is 0 Å². The van der Waals surface area contributed by atoms with Crippen LogP contribution in [0, 0.1) is 0 Å². The monoisotopic (exact) mass is 336 g/mol. The maximum atomic E-state index is 12.6. The van der Waals surface area contributed by atoms with Crippen molar-refractivity contribution in [1.82, 2.24) is 9.21 Å². The van der Waals surface area contributed by atoms with Gasteiger partial charge in [-0.1, -0.05) is 13.8 Å². The van der Waals surface area contributed by atoms with Crippen LogP contribution in [0.1, 0.15) is 25.1 Å². The standard InChI is InChI=1S/C13H21ClN2O2S2/c1-3-15(4-2)11-5-6-16(9-11)20(17,18)13-7-12(8-14)19-10-13/h7,10-11H,3-6,8-9H2,1-2H3. The molecule has 1 aliphatic heterocycles. The van der Waals surface area contributed by atoms with Gasteiger partial charge in [0.1, 0.15) is 0 Å². The highest BCUT2D eigenvalue weighted by Crippen LogP contribution is 2.27. The zero-order valence-corrected chi connectivity index (χ0v) is 14.3. The van der Waals surface area contributed by atoms with Gasteiger partial charge in [-0.05, 0) is 25.6 Å². The predicted molar refractivity (Wildman–Crippen MR) is 84.0 cm³/mol. The normalized spacial score (nSPS) is 20.9. The van der Waals surface area contributed by atoms with Crippen LogP contribution in [0.2, 0.25) is 0 Å². The number of thiophene rings is 1. The number of sulfonamides is 1. The summed E-state index contributed by atoms with van der Waals surface area (Å²) in [6.45, 7) is 7.36. The second-order valence-electron chi connectivity index (χ2n) is 4.91. The molecule has 1 aromatic heterocycles. The highest BCUT2D eigenvalue weighted by Gasteiger charge is 2.34. The van der Waals surface area contributed by atoms with Gasteiger partial charge in [0.05, 0.1) is 10.8 Å². The molecule has 0 aliphatic carbocycles. The molecule has 0 aromatic carbocycles. The maximum Gasteiger partial charge on any atom is 0.243 e. The van der Waals surface area contributed by atoms with Crippen LogP contribution >= 0.6 is 22.9 Å². The minimum Gasteiger partial charge on any atom is -0.300 e. The summed E-state index contributed by atoms with van der Waals surface area (Å²) in [5, 5.41) is 1.69. The number of rotatable bonds is 6. The number of hydrogen-bond acceptors (Lipinski definition) is 4. The second-order valence-corrected chi connectivity index (χ2v) is 8.11. The maximum absolute atomic E-state index is 12.6. The van der Waals surface area contributed by atoms with Gasteiger partial charge in [-0.3, -0.25) is 4.90 Å². The molecule has 1 saturated heterocycles. The van der Waals surface area contributed by atoms with Crippen molar-refractivity contribution in [2.24, 2.45) is 0 Å². The number of likely N-dealkylation sites (N-methyl/N-ethyl adjacent to an activating group) is 1. The lowest BCUT2D eigenvalue weighted by atomic mass is 10.2. The van der Waals surface area contributed by atoms with Crippen molar-refractivity contribution in [2.75, 3.05) is 26.2 Å². The lowest BCUT2D eigenvalue weighted by Gasteiger charge is -2.25. The van der Waals surface area contributed by atoms with Crippen molar-refractivity contribution in [3.8, 4) is 0 Å². The predicted octanol–water partition coefficient (Wildman–Crippen LogP) is 2.59. The van der Waals surface area contributed by atoms with E-state index in [0.29, 0.717) is 29.9 Å². The Kier molecular flexibility index (Phi) is 5.48. The first-order chi connectivity index (χ1) is 9.52. The summed E-state index contributed by atoms with van der Waals surface area (Å²) >= 11 is 7.15. The second kappa shape index (κ2) is 6.75. The number of nitrogens with zero attached hydrogens (tertiary/aromatic N) is 2. The van der Waals surface area contributed by atoms with E-state index in [-0.39, 0.29) is 0 Å². The van der Waals surface area contributed by atoms with Crippen LogP contribution in [-0.2, 0) is 15.9 Å². The lowest BCUT2D eigenvalue weighted by Crippen LogP contribution is -2.38. The van der Waals surface area contributed by atoms with Crippen molar-refractivity contribution in [1.29, 1.82) is 0 Å².